The molecule has 0 atom stereocenters. The van der Waals surface area contributed by atoms with Crippen LogP contribution in [0.15, 0.2) is 119 Å². The summed E-state index contributed by atoms with van der Waals surface area (Å²) in [5.41, 5.74) is 10.4. The number of phenolic OH excluding ortho intramolecular Hbond substituents is 1. The minimum Gasteiger partial charge on any atom is -0.507 e. The Morgan fingerprint density at radius 2 is 1.50 bits per heavy atom. The molecule has 6 aromatic rings. The van der Waals surface area contributed by atoms with Gasteiger partial charge in [0.25, 0.3) is 0 Å². The van der Waals surface area contributed by atoms with E-state index >= 15 is 0 Å². The minimum atomic E-state index is -0.0438. The summed E-state index contributed by atoms with van der Waals surface area (Å²) < 4.78 is 6.50. The van der Waals surface area contributed by atoms with E-state index in [9.17, 15) is 5.11 Å². The fraction of sp³-hybridized carbons (Fsp3) is 0.200. The molecule has 0 spiro atoms. The molecule has 0 aliphatic carbocycles. The molecule has 0 aliphatic heterocycles. The molecule has 0 saturated carbocycles. The molecule has 4 nitrogen and oxygen atoms in total. The number of benzene rings is 5. The molecule has 1 aromatic heterocycles. The average molecular weight is 579 g/mol. The zero-order valence-electron chi connectivity index (χ0n) is 26.0. The van der Waals surface area contributed by atoms with Crippen LogP contribution >= 0.6 is 0 Å². The van der Waals surface area contributed by atoms with E-state index in [2.05, 4.69) is 83.1 Å². The van der Waals surface area contributed by atoms with Crippen LogP contribution in [-0.2, 0) is 11.8 Å². The number of rotatable bonds is 7. The Labute approximate surface area is 259 Å². The second kappa shape index (κ2) is 12.0. The lowest BCUT2D eigenvalue weighted by molar-refractivity contribution is 0.473. The van der Waals surface area contributed by atoms with Crippen LogP contribution in [0.4, 0.5) is 5.69 Å². The second-order valence-corrected chi connectivity index (χ2v) is 12.8. The molecule has 0 bridgehead atoms. The van der Waals surface area contributed by atoms with Gasteiger partial charge in [0.05, 0.1) is 11.3 Å². The molecule has 0 aliphatic rings. The van der Waals surface area contributed by atoms with Gasteiger partial charge in [0.1, 0.15) is 11.3 Å². The van der Waals surface area contributed by atoms with Crippen molar-refractivity contribution in [2.45, 2.75) is 46.5 Å². The van der Waals surface area contributed by atoms with Crippen LogP contribution in [0.5, 0.6) is 5.75 Å². The quantitative estimate of drug-likeness (QED) is 0.192. The van der Waals surface area contributed by atoms with Crippen molar-refractivity contribution in [3.63, 3.8) is 0 Å². The fourth-order valence-electron chi connectivity index (χ4n) is 5.48. The molecule has 5 aromatic carbocycles. The summed E-state index contributed by atoms with van der Waals surface area (Å²) in [6.07, 6.45) is 2.77. The Bertz CT molecular complexity index is 1940. The topological polar surface area (TPSA) is 58.6 Å². The van der Waals surface area contributed by atoms with Crippen LogP contribution in [-0.4, -0.2) is 16.3 Å². The van der Waals surface area contributed by atoms with Crippen molar-refractivity contribution in [1.82, 2.24) is 4.98 Å². The van der Waals surface area contributed by atoms with Gasteiger partial charge in [0.2, 0.25) is 5.89 Å². The van der Waals surface area contributed by atoms with E-state index in [1.807, 2.05) is 54.6 Å². The van der Waals surface area contributed by atoms with Crippen molar-refractivity contribution in [2.24, 2.45) is 10.9 Å². The maximum Gasteiger partial charge on any atom is 0.229 e. The largest absolute Gasteiger partial charge is 0.507 e. The molecule has 6 rings (SSSR count). The van der Waals surface area contributed by atoms with Crippen LogP contribution in [0.1, 0.15) is 51.3 Å². The number of aromatic nitrogens is 1. The first kappa shape index (κ1) is 29.1. The molecule has 0 saturated heterocycles. The van der Waals surface area contributed by atoms with Crippen molar-refractivity contribution in [3.05, 3.63) is 126 Å². The molecule has 4 heteroatoms. The van der Waals surface area contributed by atoms with Crippen molar-refractivity contribution in [2.75, 3.05) is 0 Å². The highest BCUT2D eigenvalue weighted by Gasteiger charge is 2.18. The van der Waals surface area contributed by atoms with Crippen molar-refractivity contribution < 1.29 is 9.52 Å². The van der Waals surface area contributed by atoms with Crippen LogP contribution < -0.4 is 0 Å². The number of nitrogens with zero attached hydrogens (tertiary/aromatic N) is 2. The summed E-state index contributed by atoms with van der Waals surface area (Å²) in [6, 6.07) is 36.9. The molecule has 44 heavy (non-hydrogen) atoms. The van der Waals surface area contributed by atoms with Gasteiger partial charge in [-0.15, -0.1) is 0 Å². The van der Waals surface area contributed by atoms with Gasteiger partial charge >= 0.3 is 0 Å². The first-order valence-corrected chi connectivity index (χ1v) is 15.2. The number of aliphatic imine (C=N–C) groups is 1. The van der Waals surface area contributed by atoms with E-state index in [0.29, 0.717) is 23.1 Å². The van der Waals surface area contributed by atoms with Gasteiger partial charge in [-0.25, -0.2) is 4.98 Å². The Balaban J connectivity index is 1.44. The number of para-hydroxylation sites is 1. The fourth-order valence-corrected chi connectivity index (χ4v) is 5.48. The summed E-state index contributed by atoms with van der Waals surface area (Å²) in [5, 5.41) is 10.6. The summed E-state index contributed by atoms with van der Waals surface area (Å²) in [5.74, 6) is 1.31. The highest BCUT2D eigenvalue weighted by Crippen LogP contribution is 2.38. The highest BCUT2D eigenvalue weighted by molar-refractivity contribution is 5.97. The second-order valence-electron chi connectivity index (χ2n) is 12.8. The lowest BCUT2D eigenvalue weighted by Crippen LogP contribution is -2.11. The van der Waals surface area contributed by atoms with Gasteiger partial charge in [-0.3, -0.25) is 4.99 Å². The van der Waals surface area contributed by atoms with Crippen LogP contribution in [0.3, 0.4) is 0 Å². The molecule has 0 fully saturated rings. The van der Waals surface area contributed by atoms with E-state index in [-0.39, 0.29) is 11.2 Å². The summed E-state index contributed by atoms with van der Waals surface area (Å²) in [4.78, 5) is 9.83. The van der Waals surface area contributed by atoms with Gasteiger partial charge < -0.3 is 9.52 Å². The van der Waals surface area contributed by atoms with Crippen molar-refractivity contribution in [1.29, 1.82) is 0 Å². The standard InChI is InChI=1S/C40H38N2O2/c1-26(2)21-27-15-17-28(18-16-27)30-23-34(29-11-7-6-8-12-29)38-37(24-30)44-39(42-38)33-13-9-10-14-35(33)41-25-31-22-32(40(3,4)5)19-20-36(31)43/h6-20,22-26,43H,21H2,1-5H3. The predicted octanol–water partition coefficient (Wildman–Crippen LogP) is 10.8. The number of aromatic hydroxyl groups is 1. The zero-order chi connectivity index (χ0) is 30.8. The summed E-state index contributed by atoms with van der Waals surface area (Å²) in [6.45, 7) is 10.9. The molecule has 0 unspecified atom stereocenters. The Morgan fingerprint density at radius 1 is 0.773 bits per heavy atom. The third kappa shape index (κ3) is 6.21. The maximum absolute atomic E-state index is 10.6. The van der Waals surface area contributed by atoms with E-state index in [1.165, 1.54) is 5.56 Å². The first-order valence-electron chi connectivity index (χ1n) is 15.2. The van der Waals surface area contributed by atoms with Gasteiger partial charge in [0, 0.05) is 17.3 Å². The smallest absolute Gasteiger partial charge is 0.229 e. The highest BCUT2D eigenvalue weighted by atomic mass is 16.3. The van der Waals surface area contributed by atoms with E-state index in [0.717, 1.165) is 50.9 Å². The van der Waals surface area contributed by atoms with Crippen LogP contribution in [0, 0.1) is 5.92 Å². The molecule has 0 radical (unpaired) electrons. The number of phenols is 1. The van der Waals surface area contributed by atoms with Crippen molar-refractivity contribution in [3.8, 4) is 39.5 Å². The molecule has 0 amide bonds. The maximum atomic E-state index is 10.6. The zero-order valence-corrected chi connectivity index (χ0v) is 26.0. The Hall–Kier alpha value is -4.96. The number of fused-ring (bicyclic) bond motifs is 1. The van der Waals surface area contributed by atoms with E-state index in [1.54, 1.807) is 12.3 Å². The predicted molar refractivity (Wildman–Crippen MR) is 183 cm³/mol. The van der Waals surface area contributed by atoms with Gasteiger partial charge in [0.15, 0.2) is 5.58 Å². The van der Waals surface area contributed by atoms with E-state index < -0.39 is 0 Å². The van der Waals surface area contributed by atoms with Crippen LogP contribution in [0.2, 0.25) is 0 Å². The minimum absolute atomic E-state index is 0.0438. The first-order chi connectivity index (χ1) is 21.2. The van der Waals surface area contributed by atoms with E-state index in [4.69, 9.17) is 14.4 Å². The number of hydrogen-bond donors (Lipinski definition) is 1. The molecular weight excluding hydrogens is 540 g/mol. The third-order valence-corrected chi connectivity index (χ3v) is 7.88. The van der Waals surface area contributed by atoms with Crippen LogP contribution in [0.25, 0.3) is 44.8 Å². The Kier molecular flexibility index (Phi) is 7.92. The monoisotopic (exact) mass is 578 g/mol. The van der Waals surface area contributed by atoms with Gasteiger partial charge in [-0.05, 0) is 82.0 Å². The summed E-state index contributed by atoms with van der Waals surface area (Å²) in [7, 11) is 0. The van der Waals surface area contributed by atoms with Gasteiger partial charge in [-0.2, -0.15) is 0 Å². The number of oxazole rings is 1. The van der Waals surface area contributed by atoms with Gasteiger partial charge in [-0.1, -0.05) is 107 Å². The third-order valence-electron chi connectivity index (χ3n) is 7.88. The average Bonchev–Trinajstić information content (AvgIpc) is 3.44. The lowest BCUT2D eigenvalue weighted by atomic mass is 9.86. The lowest BCUT2D eigenvalue weighted by Gasteiger charge is -2.19. The van der Waals surface area contributed by atoms with Crippen molar-refractivity contribution >= 4 is 23.0 Å². The number of hydrogen-bond acceptors (Lipinski definition) is 4. The normalized spacial score (nSPS) is 12.0. The SMILES string of the molecule is CC(C)Cc1ccc(-c2cc(-c3ccccc3)c3nc(-c4ccccc4N=Cc4cc(C(C)(C)C)ccc4O)oc3c2)cc1. The molecular formula is C40H38N2O2. The molecule has 220 valence electrons. The molecule has 1 N–H and O–H groups in total. The Morgan fingerprint density at radius 3 is 2.23 bits per heavy atom. The summed E-state index contributed by atoms with van der Waals surface area (Å²) >= 11 is 0. The molecule has 1 heterocycles.